The smallest absolute Gasteiger partial charge is 0.255 e. The van der Waals surface area contributed by atoms with Gasteiger partial charge in [0.25, 0.3) is 5.91 Å². The van der Waals surface area contributed by atoms with E-state index in [1.165, 1.54) is 4.90 Å². The molecule has 0 radical (unpaired) electrons. The molecule has 2 aliphatic heterocycles. The zero-order valence-corrected chi connectivity index (χ0v) is 27.4. The number of fused-ring (bicyclic) bond motifs is 1. The van der Waals surface area contributed by atoms with E-state index in [1.54, 1.807) is 42.5 Å². The van der Waals surface area contributed by atoms with Gasteiger partial charge in [-0.05, 0) is 60.2 Å². The Morgan fingerprint density at radius 2 is 1.74 bits per heavy atom. The number of anilines is 1. The lowest BCUT2D eigenvalue weighted by atomic mass is 10.0. The molecule has 0 bridgehead atoms. The number of aromatic nitrogens is 2. The van der Waals surface area contributed by atoms with Crippen LogP contribution in [0.5, 0.6) is 17.2 Å². The van der Waals surface area contributed by atoms with Crippen LogP contribution < -0.4 is 25.8 Å². The van der Waals surface area contributed by atoms with Crippen molar-refractivity contribution >= 4 is 29.4 Å². The van der Waals surface area contributed by atoms with E-state index in [2.05, 4.69) is 20.8 Å². The van der Waals surface area contributed by atoms with Crippen LogP contribution in [0.2, 0.25) is 0 Å². The van der Waals surface area contributed by atoms with Gasteiger partial charge < -0.3 is 30.5 Å². The summed E-state index contributed by atoms with van der Waals surface area (Å²) in [4.78, 5) is 50.7. The summed E-state index contributed by atoms with van der Waals surface area (Å²) < 4.78 is 11.7. The third-order valence-electron chi connectivity index (χ3n) is 8.69. The molecule has 4 amide bonds. The van der Waals surface area contributed by atoms with Crippen molar-refractivity contribution in [3.8, 4) is 28.5 Å². The molecule has 6 rings (SSSR count). The van der Waals surface area contributed by atoms with E-state index in [0.29, 0.717) is 86.7 Å². The third kappa shape index (κ3) is 8.17. The van der Waals surface area contributed by atoms with Gasteiger partial charge in [0, 0.05) is 49.5 Å². The molecule has 13 nitrogen and oxygen atoms in total. The fourth-order valence-electron chi connectivity index (χ4n) is 5.91. The number of nitrogens with zero attached hydrogens (tertiary/aromatic N) is 3. The maximum absolute atomic E-state index is 13.0. The Morgan fingerprint density at radius 1 is 0.940 bits per heavy atom. The summed E-state index contributed by atoms with van der Waals surface area (Å²) >= 11 is 0. The van der Waals surface area contributed by atoms with Crippen molar-refractivity contribution in [1.29, 1.82) is 0 Å². The van der Waals surface area contributed by atoms with Gasteiger partial charge in [-0.1, -0.05) is 42.5 Å². The number of unbranched alkanes of at least 4 members (excludes halogenated alkanes) is 1. The Balaban J connectivity index is 0.872. The van der Waals surface area contributed by atoms with Crippen molar-refractivity contribution in [3.05, 3.63) is 95.1 Å². The minimum atomic E-state index is -0.654. The number of rotatable bonds is 14. The lowest BCUT2D eigenvalue weighted by Gasteiger charge is -2.29. The number of nitrogens with one attached hydrogen (secondary N) is 2. The van der Waals surface area contributed by atoms with Gasteiger partial charge in [-0.2, -0.15) is 0 Å². The zero-order chi connectivity index (χ0) is 35.0. The molecular formula is C37H38N6O7. The molecule has 5 N–H and O–H groups in total. The van der Waals surface area contributed by atoms with Crippen LogP contribution in [-0.2, 0) is 33.9 Å². The van der Waals surface area contributed by atoms with Gasteiger partial charge in [-0.3, -0.25) is 24.5 Å². The lowest BCUT2D eigenvalue weighted by molar-refractivity contribution is -0.137. The van der Waals surface area contributed by atoms with Crippen molar-refractivity contribution in [2.24, 2.45) is 0 Å². The molecule has 0 saturated carbocycles. The predicted molar refractivity (Wildman–Crippen MR) is 183 cm³/mol. The number of hydrogen-bond acceptors (Lipinski definition) is 10. The first-order valence-corrected chi connectivity index (χ1v) is 16.5. The maximum atomic E-state index is 13.0. The van der Waals surface area contributed by atoms with Crippen LogP contribution in [0.15, 0.2) is 72.8 Å². The van der Waals surface area contributed by atoms with Crippen molar-refractivity contribution in [1.82, 2.24) is 25.7 Å². The quantitative estimate of drug-likeness (QED) is 0.113. The van der Waals surface area contributed by atoms with Crippen molar-refractivity contribution in [2.75, 3.05) is 18.9 Å². The van der Waals surface area contributed by atoms with E-state index in [1.807, 2.05) is 30.3 Å². The van der Waals surface area contributed by atoms with Gasteiger partial charge in [-0.15, -0.1) is 10.2 Å². The number of nitrogens with two attached hydrogens (primary N) is 1. The number of nitrogen functional groups attached to an aromatic ring is 1. The number of carbonyl (C=O) groups excluding carboxylic acids is 4. The molecule has 3 heterocycles. The minimum Gasteiger partial charge on any atom is -0.507 e. The van der Waals surface area contributed by atoms with Crippen LogP contribution in [-0.4, -0.2) is 63.1 Å². The maximum Gasteiger partial charge on any atom is 0.255 e. The average molecular weight is 679 g/mol. The number of benzene rings is 3. The molecule has 13 heteroatoms. The molecule has 0 spiro atoms. The van der Waals surface area contributed by atoms with Crippen LogP contribution in [0.1, 0.15) is 59.2 Å². The number of carbonyl (C=O) groups is 4. The predicted octanol–water partition coefficient (Wildman–Crippen LogP) is 3.68. The highest BCUT2D eigenvalue weighted by atomic mass is 16.5. The highest BCUT2D eigenvalue weighted by Gasteiger charge is 2.39. The molecule has 1 unspecified atom stereocenters. The minimum absolute atomic E-state index is 0.0501. The van der Waals surface area contributed by atoms with E-state index >= 15 is 0 Å². The molecule has 1 atom stereocenters. The first-order valence-electron chi connectivity index (χ1n) is 16.5. The van der Waals surface area contributed by atoms with Gasteiger partial charge in [0.1, 0.15) is 23.2 Å². The number of amides is 4. The largest absolute Gasteiger partial charge is 0.507 e. The number of piperidine rings is 1. The van der Waals surface area contributed by atoms with Gasteiger partial charge in [0.05, 0.1) is 13.2 Å². The molecule has 1 aromatic heterocycles. The van der Waals surface area contributed by atoms with Gasteiger partial charge >= 0.3 is 0 Å². The van der Waals surface area contributed by atoms with Crippen molar-refractivity contribution < 1.29 is 33.8 Å². The number of phenolic OH excluding ortho intramolecular Hbond substituents is 1. The van der Waals surface area contributed by atoms with Crippen LogP contribution in [0.4, 0.5) is 5.82 Å². The molecule has 258 valence electrons. The number of hydrogen-bond donors (Lipinski definition) is 4. The average Bonchev–Trinajstić information content (AvgIpc) is 3.43. The Labute approximate surface area is 288 Å². The summed E-state index contributed by atoms with van der Waals surface area (Å²) in [7, 11) is 0. The van der Waals surface area contributed by atoms with Crippen molar-refractivity contribution in [3.63, 3.8) is 0 Å². The standard InChI is InChI=1S/C37H38N6O7/c38-35-32(20-29(41-42-35)27-5-1-2-6-31(27)44)50-18-16-23-8-10-24(11-9-23)21-39-33(45)7-3-4-17-49-26-13-12-25-22-43(37(48)28(25)19-26)30-14-15-34(46)40-36(30)47/h1-2,5-6,8-13,19-20,30,44H,3-4,7,14-18,21-22H2,(H2,38,42)(H,39,45)(H,40,46,47). The number of aromatic hydroxyl groups is 1. The van der Waals surface area contributed by atoms with E-state index in [4.69, 9.17) is 15.2 Å². The first-order chi connectivity index (χ1) is 24.2. The van der Waals surface area contributed by atoms with E-state index < -0.39 is 11.9 Å². The van der Waals surface area contributed by atoms with Gasteiger partial charge in [0.2, 0.25) is 17.7 Å². The SMILES string of the molecule is Nc1nnc(-c2ccccc2O)cc1OCCc1ccc(CNC(=O)CCCCOc2ccc3c(c2)C(=O)N(C2CCC(=O)NC2=O)C3)cc1. The van der Waals surface area contributed by atoms with E-state index in [0.717, 1.165) is 16.7 Å². The summed E-state index contributed by atoms with van der Waals surface area (Å²) in [6, 6.07) is 21.1. The van der Waals surface area contributed by atoms with Crippen LogP contribution in [0.3, 0.4) is 0 Å². The van der Waals surface area contributed by atoms with Gasteiger partial charge in [-0.25, -0.2) is 0 Å². The first kappa shape index (κ1) is 33.9. The topological polar surface area (TPSA) is 186 Å². The normalized spacial score (nSPS) is 15.4. The Morgan fingerprint density at radius 3 is 2.54 bits per heavy atom. The zero-order valence-electron chi connectivity index (χ0n) is 27.4. The third-order valence-corrected chi connectivity index (χ3v) is 8.69. The second kappa shape index (κ2) is 15.5. The molecule has 2 aliphatic rings. The number of phenols is 1. The van der Waals surface area contributed by atoms with Crippen molar-refractivity contribution in [2.45, 2.75) is 57.7 Å². The van der Waals surface area contributed by atoms with E-state index in [9.17, 15) is 24.3 Å². The highest BCUT2D eigenvalue weighted by molar-refractivity contribution is 6.05. The highest BCUT2D eigenvalue weighted by Crippen LogP contribution is 2.32. The monoisotopic (exact) mass is 678 g/mol. The summed E-state index contributed by atoms with van der Waals surface area (Å²) in [5.74, 6) is 0.158. The fraction of sp³-hybridized carbons (Fsp3) is 0.297. The number of imide groups is 1. The molecule has 3 aromatic carbocycles. The molecule has 1 fully saturated rings. The van der Waals surface area contributed by atoms with Crippen LogP contribution in [0, 0.1) is 0 Å². The van der Waals surface area contributed by atoms with Crippen LogP contribution >= 0.6 is 0 Å². The summed E-state index contributed by atoms with van der Waals surface area (Å²) in [5.41, 5.74) is 10.3. The Kier molecular flexibility index (Phi) is 10.5. The van der Waals surface area contributed by atoms with Crippen LogP contribution in [0.25, 0.3) is 11.3 Å². The molecule has 1 saturated heterocycles. The summed E-state index contributed by atoms with van der Waals surface area (Å²) in [5, 5.41) is 23.4. The second-order valence-corrected chi connectivity index (χ2v) is 12.2. The number of ether oxygens (including phenoxy) is 2. The molecule has 4 aromatic rings. The Bertz CT molecular complexity index is 1900. The second-order valence-electron chi connectivity index (χ2n) is 12.2. The molecule has 0 aliphatic carbocycles. The fourth-order valence-corrected chi connectivity index (χ4v) is 5.91. The van der Waals surface area contributed by atoms with Gasteiger partial charge in [0.15, 0.2) is 11.6 Å². The van der Waals surface area contributed by atoms with E-state index in [-0.39, 0.29) is 35.7 Å². The molecular weight excluding hydrogens is 640 g/mol. The number of para-hydroxylation sites is 1. The Hall–Kier alpha value is -5.98. The summed E-state index contributed by atoms with van der Waals surface area (Å²) in [6.45, 7) is 1.49. The lowest BCUT2D eigenvalue weighted by Crippen LogP contribution is -2.52. The molecule has 50 heavy (non-hydrogen) atoms. The summed E-state index contributed by atoms with van der Waals surface area (Å²) in [6.07, 6.45) is 2.82.